The van der Waals surface area contributed by atoms with Crippen LogP contribution >= 0.6 is 11.6 Å². The van der Waals surface area contributed by atoms with Crippen molar-refractivity contribution < 1.29 is 27.6 Å². The summed E-state index contributed by atoms with van der Waals surface area (Å²) in [7, 11) is -4.33. The molecule has 0 aliphatic carbocycles. The molecule has 14 heteroatoms. The lowest BCUT2D eigenvalue weighted by Crippen LogP contribution is -2.54. The number of sulfonamides is 1. The molecule has 2 aromatic rings. The molecule has 0 radical (unpaired) electrons. The number of nitrogens with one attached hydrogen (secondary N) is 1. The normalized spacial score (nSPS) is 16.6. The number of amides is 5. The van der Waals surface area contributed by atoms with E-state index in [2.05, 4.69) is 5.32 Å². The van der Waals surface area contributed by atoms with Crippen LogP contribution in [0.2, 0.25) is 5.02 Å². The fourth-order valence-corrected chi connectivity index (χ4v) is 6.44. The van der Waals surface area contributed by atoms with Gasteiger partial charge in [-0.1, -0.05) is 23.7 Å². The van der Waals surface area contributed by atoms with E-state index in [1.165, 1.54) is 21.9 Å². The van der Waals surface area contributed by atoms with Crippen LogP contribution in [0, 0.1) is 0 Å². The number of carbonyl (C=O) groups excluding carboxylic acids is 4. The van der Waals surface area contributed by atoms with Crippen LogP contribution in [0.3, 0.4) is 0 Å². The SMILES string of the molecule is CC(C)N(CCNC(N)=O)C(=O)[C@H](C)N1CC[C@H](N(CC(N)=O)S(=O)(=O)c2ccc3cc(Cl)ccc3c2)C1=O. The van der Waals surface area contributed by atoms with Gasteiger partial charge in [-0.2, -0.15) is 4.31 Å². The Balaban J connectivity index is 1.86. The van der Waals surface area contributed by atoms with Crippen molar-refractivity contribution in [1.82, 2.24) is 19.4 Å². The van der Waals surface area contributed by atoms with Gasteiger partial charge in [0.25, 0.3) is 0 Å². The number of rotatable bonds is 11. The van der Waals surface area contributed by atoms with E-state index in [1.807, 2.05) is 0 Å². The number of nitrogens with zero attached hydrogens (tertiary/aromatic N) is 3. The fourth-order valence-electron chi connectivity index (χ4n) is 4.64. The molecule has 12 nitrogen and oxygen atoms in total. The minimum Gasteiger partial charge on any atom is -0.369 e. The Morgan fingerprint density at radius 3 is 2.36 bits per heavy atom. The van der Waals surface area contributed by atoms with E-state index in [-0.39, 0.29) is 42.9 Å². The van der Waals surface area contributed by atoms with Gasteiger partial charge >= 0.3 is 6.03 Å². The minimum atomic E-state index is -4.33. The van der Waals surface area contributed by atoms with Gasteiger partial charge in [0.15, 0.2) is 0 Å². The van der Waals surface area contributed by atoms with Crippen LogP contribution < -0.4 is 16.8 Å². The third-order valence-corrected chi connectivity index (χ3v) is 8.72. The molecule has 39 heavy (non-hydrogen) atoms. The van der Waals surface area contributed by atoms with Crippen LogP contribution in [-0.2, 0) is 24.4 Å². The molecule has 0 unspecified atom stereocenters. The lowest BCUT2D eigenvalue weighted by atomic mass is 10.1. The predicted octanol–water partition coefficient (Wildman–Crippen LogP) is 0.864. The number of carbonyl (C=O) groups is 4. The fraction of sp³-hybridized carbons (Fsp3) is 0.440. The molecular formula is C25H33ClN6O6S. The second-order valence-corrected chi connectivity index (χ2v) is 11.9. The maximum absolute atomic E-state index is 13.7. The van der Waals surface area contributed by atoms with Gasteiger partial charge in [-0.3, -0.25) is 14.4 Å². The number of urea groups is 1. The van der Waals surface area contributed by atoms with Crippen LogP contribution in [0.25, 0.3) is 10.8 Å². The lowest BCUT2D eigenvalue weighted by Gasteiger charge is -2.33. The highest BCUT2D eigenvalue weighted by atomic mass is 35.5. The van der Waals surface area contributed by atoms with Crippen molar-refractivity contribution in [2.45, 2.75) is 50.2 Å². The van der Waals surface area contributed by atoms with Crippen LogP contribution in [0.1, 0.15) is 27.2 Å². The molecule has 1 saturated heterocycles. The number of nitrogens with two attached hydrogens (primary N) is 2. The smallest absolute Gasteiger partial charge is 0.312 e. The van der Waals surface area contributed by atoms with Crippen LogP contribution in [0.4, 0.5) is 4.79 Å². The Morgan fingerprint density at radius 1 is 1.10 bits per heavy atom. The van der Waals surface area contributed by atoms with E-state index in [0.717, 1.165) is 9.69 Å². The highest BCUT2D eigenvalue weighted by Gasteiger charge is 2.45. The van der Waals surface area contributed by atoms with Crippen LogP contribution in [-0.4, -0.2) is 90.6 Å². The number of primary amides is 2. The Morgan fingerprint density at radius 2 is 1.74 bits per heavy atom. The standard InChI is InChI=1S/C25H33ClN6O6S/c1-15(2)30(11-9-29-25(28)36)23(34)16(3)31-10-8-21(24(31)35)32(14-22(27)33)39(37,38)20-7-5-17-12-19(26)6-4-18(17)13-20/h4-7,12-13,15-16,21H,8-11,14H2,1-3H3,(H2,27,33)(H3,28,29,36)/t16-,21-/m0/s1. The maximum Gasteiger partial charge on any atom is 0.312 e. The first-order valence-corrected chi connectivity index (χ1v) is 14.2. The third kappa shape index (κ3) is 6.78. The number of hydrogen-bond acceptors (Lipinski definition) is 6. The molecule has 5 N–H and O–H groups in total. The van der Waals surface area contributed by atoms with Gasteiger partial charge in [0.1, 0.15) is 12.1 Å². The van der Waals surface area contributed by atoms with E-state index in [1.54, 1.807) is 45.0 Å². The average Bonchev–Trinajstić information content (AvgIpc) is 3.23. The van der Waals surface area contributed by atoms with E-state index in [0.29, 0.717) is 10.4 Å². The molecule has 3 rings (SSSR count). The summed E-state index contributed by atoms with van der Waals surface area (Å²) < 4.78 is 28.2. The maximum atomic E-state index is 13.7. The van der Waals surface area contributed by atoms with E-state index in [4.69, 9.17) is 23.1 Å². The summed E-state index contributed by atoms with van der Waals surface area (Å²) in [5.74, 6) is -1.90. The molecule has 2 aromatic carbocycles. The van der Waals surface area contributed by atoms with E-state index < -0.39 is 46.5 Å². The third-order valence-electron chi connectivity index (χ3n) is 6.63. The average molecular weight is 581 g/mol. The molecule has 0 bridgehead atoms. The number of halogens is 1. The highest BCUT2D eigenvalue weighted by Crippen LogP contribution is 2.29. The van der Waals surface area contributed by atoms with Gasteiger partial charge in [-0.25, -0.2) is 13.2 Å². The summed E-state index contributed by atoms with van der Waals surface area (Å²) >= 11 is 6.03. The van der Waals surface area contributed by atoms with Crippen molar-refractivity contribution in [3.63, 3.8) is 0 Å². The van der Waals surface area contributed by atoms with Crippen molar-refractivity contribution in [3.8, 4) is 0 Å². The van der Waals surface area contributed by atoms with Gasteiger partial charge < -0.3 is 26.6 Å². The number of hydrogen-bond donors (Lipinski definition) is 3. The zero-order valence-corrected chi connectivity index (χ0v) is 23.5. The molecule has 1 aliphatic heterocycles. The van der Waals surface area contributed by atoms with Gasteiger partial charge in [0.2, 0.25) is 27.7 Å². The monoisotopic (exact) mass is 580 g/mol. The van der Waals surface area contributed by atoms with Gasteiger partial charge in [0, 0.05) is 30.7 Å². The number of fused-ring (bicyclic) bond motifs is 1. The first-order valence-electron chi connectivity index (χ1n) is 12.4. The second kappa shape index (κ2) is 12.2. The van der Waals surface area contributed by atoms with Crippen molar-refractivity contribution >= 4 is 56.1 Å². The molecular weight excluding hydrogens is 548 g/mol. The minimum absolute atomic E-state index is 0.0665. The summed E-state index contributed by atoms with van der Waals surface area (Å²) in [6, 6.07) is 6.31. The molecule has 0 aromatic heterocycles. The van der Waals surface area contributed by atoms with Crippen molar-refractivity contribution in [3.05, 3.63) is 41.4 Å². The summed E-state index contributed by atoms with van der Waals surface area (Å²) in [5, 5.41) is 4.25. The molecule has 0 saturated carbocycles. The Labute approximate surface area is 232 Å². The molecule has 5 amide bonds. The highest BCUT2D eigenvalue weighted by molar-refractivity contribution is 7.89. The van der Waals surface area contributed by atoms with E-state index in [9.17, 15) is 27.6 Å². The number of likely N-dealkylation sites (tertiary alicyclic amines) is 1. The van der Waals surface area contributed by atoms with Gasteiger partial charge in [-0.05, 0) is 62.2 Å². The Kier molecular flexibility index (Phi) is 9.41. The quantitative estimate of drug-likeness (QED) is 0.355. The zero-order valence-electron chi connectivity index (χ0n) is 22.0. The van der Waals surface area contributed by atoms with Crippen molar-refractivity contribution in [2.75, 3.05) is 26.2 Å². The number of benzene rings is 2. The van der Waals surface area contributed by atoms with E-state index >= 15 is 0 Å². The van der Waals surface area contributed by atoms with Gasteiger partial charge in [-0.15, -0.1) is 0 Å². The summed E-state index contributed by atoms with van der Waals surface area (Å²) in [5.41, 5.74) is 10.5. The molecule has 1 fully saturated rings. The summed E-state index contributed by atoms with van der Waals surface area (Å²) in [6.07, 6.45) is 0.0665. The largest absolute Gasteiger partial charge is 0.369 e. The first kappa shape index (κ1) is 30.1. The topological polar surface area (TPSA) is 176 Å². The van der Waals surface area contributed by atoms with Crippen LogP contribution in [0.15, 0.2) is 41.3 Å². The predicted molar refractivity (Wildman–Crippen MR) is 146 cm³/mol. The summed E-state index contributed by atoms with van der Waals surface area (Å²) in [6.45, 7) is 4.84. The van der Waals surface area contributed by atoms with Crippen molar-refractivity contribution in [1.29, 1.82) is 0 Å². The van der Waals surface area contributed by atoms with Gasteiger partial charge in [0.05, 0.1) is 11.4 Å². The Hall–Kier alpha value is -3.42. The second-order valence-electron chi connectivity index (χ2n) is 9.60. The van der Waals surface area contributed by atoms with Crippen LogP contribution in [0.5, 0.6) is 0 Å². The molecule has 1 aliphatic rings. The molecule has 1 heterocycles. The first-order chi connectivity index (χ1) is 18.2. The molecule has 2 atom stereocenters. The van der Waals surface area contributed by atoms with Crippen molar-refractivity contribution in [2.24, 2.45) is 11.5 Å². The molecule has 212 valence electrons. The summed E-state index contributed by atoms with van der Waals surface area (Å²) in [4.78, 5) is 52.4. The Bertz CT molecular complexity index is 1380. The zero-order chi connectivity index (χ0) is 29.1. The lowest BCUT2D eigenvalue weighted by molar-refractivity contribution is -0.145. The molecule has 0 spiro atoms.